The quantitative estimate of drug-likeness (QED) is 0.261. The third-order valence-electron chi connectivity index (χ3n) is 0. The zero-order chi connectivity index (χ0) is 0. The van der Waals surface area contributed by atoms with Gasteiger partial charge in [-0.1, -0.05) is 0 Å². The van der Waals surface area contributed by atoms with E-state index in [1.807, 2.05) is 0 Å². The van der Waals surface area contributed by atoms with Gasteiger partial charge in [-0.15, -0.1) is 0 Å². The van der Waals surface area contributed by atoms with Gasteiger partial charge in [0.05, 0.1) is 0 Å². The Labute approximate surface area is 76.2 Å². The van der Waals surface area contributed by atoms with Crippen molar-refractivity contribution in [3.05, 3.63) is 0 Å². The van der Waals surface area contributed by atoms with E-state index < -0.39 is 0 Å². The van der Waals surface area contributed by atoms with Crippen LogP contribution in [0.3, 0.4) is 0 Å². The van der Waals surface area contributed by atoms with Gasteiger partial charge in [-0.3, -0.25) is 0 Å². The molecule has 0 aromatic carbocycles. The molecule has 0 aromatic heterocycles. The van der Waals surface area contributed by atoms with E-state index >= 15 is 0 Å². The molecule has 0 aliphatic rings. The topological polar surface area (TPSA) is 0 Å². The van der Waals surface area contributed by atoms with Gasteiger partial charge >= 0.3 is 29.6 Å². The molecule has 53 valence electrons. The van der Waals surface area contributed by atoms with E-state index in [0.717, 1.165) is 0 Å². The predicted octanol–water partition coefficient (Wildman–Crippen LogP) is -21.0. The van der Waals surface area contributed by atoms with Gasteiger partial charge in [0.25, 0.3) is 0 Å². The van der Waals surface area contributed by atoms with Crippen LogP contribution in [0.15, 0.2) is 0 Å². The summed E-state index contributed by atoms with van der Waals surface area (Å²) < 4.78 is 0. The molecule has 0 amide bonds. The van der Waals surface area contributed by atoms with Gasteiger partial charge in [0.2, 0.25) is 0 Å². The molecule has 0 rings (SSSR count). The molecule has 8 heteroatoms. The summed E-state index contributed by atoms with van der Waals surface area (Å²) in [5.41, 5.74) is 0. The van der Waals surface area contributed by atoms with Crippen molar-refractivity contribution >= 4 is 0 Å². The fourth-order valence-electron chi connectivity index (χ4n) is 0. The number of rotatable bonds is 0. The molecule has 0 N–H and O–H groups in total. The van der Waals surface area contributed by atoms with Gasteiger partial charge in [0, 0.05) is 18.6 Å². The second-order valence-corrected chi connectivity index (χ2v) is 0. The van der Waals surface area contributed by atoms with Crippen LogP contribution in [0.2, 0.25) is 0 Å². The van der Waals surface area contributed by atoms with E-state index in [9.17, 15) is 0 Å². The molecule has 0 saturated carbocycles. The Balaban J connectivity index is 0. The van der Waals surface area contributed by atoms with Gasteiger partial charge in [-0.2, -0.15) is 0 Å². The van der Waals surface area contributed by atoms with Gasteiger partial charge in [0.15, 0.2) is 0 Å². The molecule has 0 bridgehead atoms. The Morgan fingerprint density at radius 2 is 0.375 bits per heavy atom. The second kappa shape index (κ2) is 309. The van der Waals surface area contributed by atoms with Crippen LogP contribution in [0.1, 0.15) is 0 Å². The third kappa shape index (κ3) is 201. The molecule has 8 heavy (non-hydrogen) atoms. The van der Waals surface area contributed by atoms with E-state index in [0.29, 0.717) is 0 Å². The van der Waals surface area contributed by atoms with E-state index in [1.165, 1.54) is 0 Å². The first-order valence-corrected chi connectivity index (χ1v) is 0. The zero-order valence-electron chi connectivity index (χ0n) is 3.72. The molecule has 0 unspecified atom stereocenters. The fraction of sp³-hybridized carbons (Fsp3) is 0. The monoisotopic (exact) mass is 188 g/mol. The summed E-state index contributed by atoms with van der Waals surface area (Å²) in [5.74, 6) is 0. The number of hydrogen-bond acceptors (Lipinski definition) is 0. The molecule has 0 heterocycles. The zero-order valence-corrected chi connectivity index (χ0v) is 7.11. The molecule has 1 radical (unpaired) electrons. The summed E-state index contributed by atoms with van der Waals surface area (Å²) in [5, 5.41) is 0. The summed E-state index contributed by atoms with van der Waals surface area (Å²) in [4.78, 5) is 0. The minimum absolute atomic E-state index is 0. The van der Waals surface area contributed by atoms with Gasteiger partial charge in [-0.05, 0) is 0 Å². The van der Waals surface area contributed by atoms with Crippen molar-refractivity contribution < 1.29 is 76.3 Å². The summed E-state index contributed by atoms with van der Waals surface area (Å²) in [6.07, 6.45) is 0. The second-order valence-electron chi connectivity index (χ2n) is 0. The Morgan fingerprint density at radius 3 is 0.375 bits per heavy atom. The van der Waals surface area contributed by atoms with E-state index in [4.69, 9.17) is 0 Å². The summed E-state index contributed by atoms with van der Waals surface area (Å²) in [6, 6.07) is 0. The van der Waals surface area contributed by atoms with Crippen LogP contribution in [0, 0.1) is 0 Å². The minimum Gasteiger partial charge on any atom is -1.00 e. The Bertz CT molecular complexity index is 8.49. The first kappa shape index (κ1) is 451. The smallest absolute Gasteiger partial charge is 1.00 e. The molecule has 0 saturated heterocycles. The minimum atomic E-state index is 0. The van der Waals surface area contributed by atoms with Crippen LogP contribution < -0.4 is 57.8 Å². The fourth-order valence-corrected chi connectivity index (χ4v) is 0. The van der Waals surface area contributed by atoms with Crippen LogP contribution in [0.25, 0.3) is 0 Å². The predicted molar refractivity (Wildman–Crippen MR) is 0 cm³/mol. The average Bonchev–Trinajstić information content (AvgIpc) is 0. The van der Waals surface area contributed by atoms with Crippen molar-refractivity contribution in [2.75, 3.05) is 0 Å². The SMILES string of the molecule is [F-].[F-].[F-].[F-].[F-].[F-].[Na+].[V]. The average molecular weight is 188 g/mol. The van der Waals surface area contributed by atoms with Crippen molar-refractivity contribution in [1.82, 2.24) is 0 Å². The van der Waals surface area contributed by atoms with Gasteiger partial charge in [0.1, 0.15) is 0 Å². The van der Waals surface area contributed by atoms with E-state index in [1.54, 1.807) is 0 Å². The van der Waals surface area contributed by atoms with Crippen LogP contribution in [0.5, 0.6) is 0 Å². The van der Waals surface area contributed by atoms with Crippen LogP contribution >= 0.6 is 0 Å². The molecule has 0 aromatic rings. The summed E-state index contributed by atoms with van der Waals surface area (Å²) in [6.45, 7) is 0. The van der Waals surface area contributed by atoms with E-state index in [2.05, 4.69) is 0 Å². The maximum absolute atomic E-state index is 0. The normalized spacial score (nSPS) is 0. The number of halogens is 6. The maximum Gasteiger partial charge on any atom is 1.00 e. The first-order chi connectivity index (χ1) is 0. The first-order valence-electron chi connectivity index (χ1n) is 0. The van der Waals surface area contributed by atoms with Crippen LogP contribution in [0.4, 0.5) is 0 Å². The molecule has 0 atom stereocenters. The molecule has 0 spiro atoms. The van der Waals surface area contributed by atoms with Crippen molar-refractivity contribution in [1.29, 1.82) is 0 Å². The summed E-state index contributed by atoms with van der Waals surface area (Å²) >= 11 is 0. The molecule has 0 aliphatic carbocycles. The van der Waals surface area contributed by atoms with Crippen molar-refractivity contribution in [3.63, 3.8) is 0 Å². The third-order valence-corrected chi connectivity index (χ3v) is 0. The standard InChI is InChI=1S/6FH.Na.V/h6*1H;;/q;;;;;;+1;/p-6. The maximum atomic E-state index is 0. The Hall–Kier alpha value is 1.16. The molecule has 0 aliphatic heterocycles. The Morgan fingerprint density at radius 1 is 0.375 bits per heavy atom. The molecular weight excluding hydrogens is 188 g/mol. The molecular formula is F6NaV-5. The molecule has 0 fully saturated rings. The van der Waals surface area contributed by atoms with E-state index in [-0.39, 0.29) is 76.3 Å². The van der Waals surface area contributed by atoms with Crippen molar-refractivity contribution in [2.24, 2.45) is 0 Å². The molecule has 0 nitrogen and oxygen atoms in total. The van der Waals surface area contributed by atoms with Crippen LogP contribution in [-0.2, 0) is 18.6 Å². The van der Waals surface area contributed by atoms with Crippen molar-refractivity contribution in [2.45, 2.75) is 0 Å². The summed E-state index contributed by atoms with van der Waals surface area (Å²) in [7, 11) is 0. The largest absolute Gasteiger partial charge is 1.00 e. The van der Waals surface area contributed by atoms with Gasteiger partial charge in [-0.25, -0.2) is 0 Å². The van der Waals surface area contributed by atoms with Crippen molar-refractivity contribution in [3.8, 4) is 0 Å². The Kier molecular flexibility index (Phi) is 17400. The number of hydrogen-bond donors (Lipinski definition) is 0. The van der Waals surface area contributed by atoms with Gasteiger partial charge < -0.3 is 28.2 Å². The van der Waals surface area contributed by atoms with Crippen LogP contribution in [-0.4, -0.2) is 0 Å².